The number of nitrogens with one attached hydrogen (secondary N) is 1. The van der Waals surface area contributed by atoms with Gasteiger partial charge in [0.25, 0.3) is 0 Å². The maximum atomic E-state index is 12.3. The average molecular weight is 384 g/mol. The Hall–Kier alpha value is -3.06. The zero-order valence-corrected chi connectivity index (χ0v) is 15.9. The maximum Gasteiger partial charge on any atom is 0.230 e. The summed E-state index contributed by atoms with van der Waals surface area (Å²) in [5.41, 5.74) is 1.35. The van der Waals surface area contributed by atoms with E-state index in [0.717, 1.165) is 10.8 Å². The van der Waals surface area contributed by atoms with Crippen molar-refractivity contribution in [2.45, 2.75) is 13.0 Å². The molecule has 6 nitrogen and oxygen atoms in total. The molecule has 0 unspecified atom stereocenters. The van der Waals surface area contributed by atoms with E-state index in [9.17, 15) is 4.79 Å². The van der Waals surface area contributed by atoms with Gasteiger partial charge in [0, 0.05) is 17.1 Å². The van der Waals surface area contributed by atoms with Crippen LogP contribution in [0.5, 0.6) is 17.2 Å². The van der Waals surface area contributed by atoms with Crippen molar-refractivity contribution in [3.05, 3.63) is 64.6 Å². The number of benzene rings is 2. The van der Waals surface area contributed by atoms with Gasteiger partial charge in [-0.05, 0) is 24.3 Å². The Labute approximate surface area is 161 Å². The molecule has 0 aliphatic carbocycles. The van der Waals surface area contributed by atoms with Gasteiger partial charge in [-0.3, -0.25) is 4.79 Å². The molecule has 1 N–H and O–H groups in total. The van der Waals surface area contributed by atoms with Crippen LogP contribution in [-0.2, 0) is 17.8 Å². The number of para-hydroxylation sites is 1. The molecule has 3 aromatic rings. The Kier molecular flexibility index (Phi) is 6.27. The Balaban J connectivity index is 1.54. The highest BCUT2D eigenvalue weighted by molar-refractivity contribution is 7.09. The number of rotatable bonds is 8. The van der Waals surface area contributed by atoms with Crippen LogP contribution >= 0.6 is 11.3 Å². The summed E-state index contributed by atoms with van der Waals surface area (Å²) in [6.45, 7) is 0.381. The van der Waals surface area contributed by atoms with Gasteiger partial charge in [-0.2, -0.15) is 0 Å². The monoisotopic (exact) mass is 384 g/mol. The van der Waals surface area contributed by atoms with Gasteiger partial charge in [-0.25, -0.2) is 4.98 Å². The summed E-state index contributed by atoms with van der Waals surface area (Å²) in [5.74, 6) is 1.81. The normalized spacial score (nSPS) is 10.3. The topological polar surface area (TPSA) is 69.7 Å². The van der Waals surface area contributed by atoms with Gasteiger partial charge >= 0.3 is 0 Å². The minimum absolute atomic E-state index is 0.150. The first-order valence-electron chi connectivity index (χ1n) is 8.31. The largest absolute Gasteiger partial charge is 0.493 e. The molecule has 0 spiro atoms. The summed E-state index contributed by atoms with van der Waals surface area (Å²) < 4.78 is 16.1. The summed E-state index contributed by atoms with van der Waals surface area (Å²) in [7, 11) is 3.12. The standard InChI is InChI=1S/C20H20N2O4S/c1-24-17-9-8-14(10-18(17)25-2)21-19(23)11-15-13-27-20(22-15)12-26-16-6-4-3-5-7-16/h3-10,13H,11-12H2,1-2H3,(H,21,23). The fraction of sp³-hybridized carbons (Fsp3) is 0.200. The van der Waals surface area contributed by atoms with Gasteiger partial charge in [0.05, 0.1) is 26.3 Å². The molecule has 27 heavy (non-hydrogen) atoms. The molecule has 0 saturated carbocycles. The molecule has 2 aromatic carbocycles. The predicted molar refractivity (Wildman–Crippen MR) is 105 cm³/mol. The highest BCUT2D eigenvalue weighted by atomic mass is 32.1. The lowest BCUT2D eigenvalue weighted by Crippen LogP contribution is -2.14. The molecule has 0 fully saturated rings. The minimum atomic E-state index is -0.150. The zero-order valence-electron chi connectivity index (χ0n) is 15.1. The van der Waals surface area contributed by atoms with E-state index in [-0.39, 0.29) is 12.3 Å². The first-order valence-corrected chi connectivity index (χ1v) is 9.19. The number of ether oxygens (including phenoxy) is 3. The second-order valence-corrected chi connectivity index (χ2v) is 6.57. The molecule has 1 aromatic heterocycles. The fourth-order valence-electron chi connectivity index (χ4n) is 2.44. The molecular weight excluding hydrogens is 364 g/mol. The van der Waals surface area contributed by atoms with Crippen LogP contribution in [0, 0.1) is 0 Å². The third-order valence-electron chi connectivity index (χ3n) is 3.71. The fourth-order valence-corrected chi connectivity index (χ4v) is 3.15. The van der Waals surface area contributed by atoms with Crippen LogP contribution in [0.2, 0.25) is 0 Å². The summed E-state index contributed by atoms with van der Waals surface area (Å²) >= 11 is 1.48. The van der Waals surface area contributed by atoms with Crippen LogP contribution in [0.3, 0.4) is 0 Å². The lowest BCUT2D eigenvalue weighted by molar-refractivity contribution is -0.115. The average Bonchev–Trinajstić information content (AvgIpc) is 3.14. The van der Waals surface area contributed by atoms with Crippen LogP contribution in [0.25, 0.3) is 0 Å². The Morgan fingerprint density at radius 3 is 2.59 bits per heavy atom. The molecular formula is C20H20N2O4S. The number of nitrogens with zero attached hydrogens (tertiary/aromatic N) is 1. The Morgan fingerprint density at radius 2 is 1.85 bits per heavy atom. The maximum absolute atomic E-state index is 12.3. The first-order chi connectivity index (χ1) is 13.2. The van der Waals surface area contributed by atoms with E-state index >= 15 is 0 Å². The van der Waals surface area contributed by atoms with E-state index in [0.29, 0.717) is 29.5 Å². The molecule has 140 valence electrons. The van der Waals surface area contributed by atoms with Gasteiger partial charge in [-0.1, -0.05) is 18.2 Å². The molecule has 0 bridgehead atoms. The van der Waals surface area contributed by atoms with E-state index in [1.807, 2.05) is 35.7 Å². The molecule has 0 aliphatic heterocycles. The SMILES string of the molecule is COc1ccc(NC(=O)Cc2csc(COc3ccccc3)n2)cc1OC. The molecule has 3 rings (SSSR count). The van der Waals surface area contributed by atoms with Crippen LogP contribution in [0.15, 0.2) is 53.9 Å². The lowest BCUT2D eigenvalue weighted by Gasteiger charge is -2.10. The van der Waals surface area contributed by atoms with Crippen molar-refractivity contribution in [3.63, 3.8) is 0 Å². The minimum Gasteiger partial charge on any atom is -0.493 e. The van der Waals surface area contributed by atoms with Crippen molar-refractivity contribution in [2.24, 2.45) is 0 Å². The number of carbonyl (C=O) groups is 1. The second-order valence-electron chi connectivity index (χ2n) is 5.63. The summed E-state index contributed by atoms with van der Waals surface area (Å²) in [6.07, 6.45) is 0.191. The molecule has 0 saturated heterocycles. The molecule has 1 amide bonds. The van der Waals surface area contributed by atoms with E-state index in [1.54, 1.807) is 32.4 Å². The van der Waals surface area contributed by atoms with Crippen molar-refractivity contribution in [2.75, 3.05) is 19.5 Å². The van der Waals surface area contributed by atoms with Crippen molar-refractivity contribution in [1.29, 1.82) is 0 Å². The van der Waals surface area contributed by atoms with Crippen molar-refractivity contribution < 1.29 is 19.0 Å². The second kappa shape index (κ2) is 9.05. The Bertz CT molecular complexity index is 896. The van der Waals surface area contributed by atoms with Gasteiger partial charge in [0.2, 0.25) is 5.91 Å². The van der Waals surface area contributed by atoms with Gasteiger partial charge in [0.15, 0.2) is 11.5 Å². The summed E-state index contributed by atoms with van der Waals surface area (Å²) in [6, 6.07) is 14.8. The quantitative estimate of drug-likeness (QED) is 0.637. The molecule has 0 aliphatic rings. The van der Waals surface area contributed by atoms with Crippen molar-refractivity contribution in [3.8, 4) is 17.2 Å². The number of carbonyl (C=O) groups excluding carboxylic acids is 1. The van der Waals surface area contributed by atoms with Crippen LogP contribution < -0.4 is 19.5 Å². The van der Waals surface area contributed by atoms with Crippen molar-refractivity contribution >= 4 is 22.9 Å². The predicted octanol–water partition coefficient (Wildman–Crippen LogP) is 3.92. The van der Waals surface area contributed by atoms with Gasteiger partial charge < -0.3 is 19.5 Å². The van der Waals surface area contributed by atoms with Crippen LogP contribution in [0.1, 0.15) is 10.7 Å². The molecule has 0 atom stereocenters. The van der Waals surface area contributed by atoms with Crippen LogP contribution in [0.4, 0.5) is 5.69 Å². The third-order valence-corrected chi connectivity index (χ3v) is 4.58. The first kappa shape index (κ1) is 18.7. The summed E-state index contributed by atoms with van der Waals surface area (Å²) in [4.78, 5) is 16.7. The highest BCUT2D eigenvalue weighted by Crippen LogP contribution is 2.29. The van der Waals surface area contributed by atoms with Crippen LogP contribution in [-0.4, -0.2) is 25.1 Å². The number of aromatic nitrogens is 1. The number of hydrogen-bond acceptors (Lipinski definition) is 6. The third kappa shape index (κ3) is 5.21. The van der Waals surface area contributed by atoms with E-state index in [2.05, 4.69) is 10.3 Å². The number of methoxy groups -OCH3 is 2. The number of anilines is 1. The van der Waals surface area contributed by atoms with Gasteiger partial charge in [0.1, 0.15) is 17.4 Å². The smallest absolute Gasteiger partial charge is 0.230 e. The number of hydrogen-bond donors (Lipinski definition) is 1. The van der Waals surface area contributed by atoms with E-state index in [4.69, 9.17) is 14.2 Å². The Morgan fingerprint density at radius 1 is 1.07 bits per heavy atom. The van der Waals surface area contributed by atoms with E-state index in [1.165, 1.54) is 11.3 Å². The van der Waals surface area contributed by atoms with Gasteiger partial charge in [-0.15, -0.1) is 11.3 Å². The van der Waals surface area contributed by atoms with E-state index < -0.39 is 0 Å². The molecule has 1 heterocycles. The molecule has 7 heteroatoms. The lowest BCUT2D eigenvalue weighted by atomic mass is 10.2. The molecule has 0 radical (unpaired) electrons. The summed E-state index contributed by atoms with van der Waals surface area (Å²) in [5, 5.41) is 5.54. The van der Waals surface area contributed by atoms with Crippen molar-refractivity contribution in [1.82, 2.24) is 4.98 Å². The number of amides is 1. The highest BCUT2D eigenvalue weighted by Gasteiger charge is 2.11. The number of thiazole rings is 1. The zero-order chi connectivity index (χ0) is 19.1.